The molecule has 27 heavy (non-hydrogen) atoms. The molecular weight excluding hydrogens is 358 g/mol. The Morgan fingerprint density at radius 2 is 1.85 bits per heavy atom. The first kappa shape index (κ1) is 19.5. The first-order chi connectivity index (χ1) is 12.8. The topological polar surface area (TPSA) is 54.3 Å². The third-order valence-corrected chi connectivity index (χ3v) is 5.75. The summed E-state index contributed by atoms with van der Waals surface area (Å²) in [5.41, 5.74) is 3.74. The largest absolute Gasteiger partial charge is 0.308 e. The number of aryl methyl sites for hydroxylation is 2. The number of anilines is 1. The standard InChI is InChI=1S/C20H27N5OS/c1-13(2)25-10-9-16(22-25)19(26)24(12-11-23(5)6)20-21-17-14(3)7-8-15(4)18(17)27-20/h7-10,13H,11-12H2,1-6H3. The predicted octanol–water partition coefficient (Wildman–Crippen LogP) is 3.90. The maximum atomic E-state index is 13.2. The van der Waals surface area contributed by atoms with Gasteiger partial charge in [0, 0.05) is 25.3 Å². The summed E-state index contributed by atoms with van der Waals surface area (Å²) in [5.74, 6) is -0.106. The molecule has 0 saturated heterocycles. The molecule has 0 unspecified atom stereocenters. The lowest BCUT2D eigenvalue weighted by molar-refractivity contribution is 0.0979. The summed E-state index contributed by atoms with van der Waals surface area (Å²) in [5, 5.41) is 5.19. The summed E-state index contributed by atoms with van der Waals surface area (Å²) in [6, 6.07) is 6.19. The number of rotatable bonds is 6. The highest BCUT2D eigenvalue weighted by molar-refractivity contribution is 7.22. The molecule has 2 heterocycles. The van der Waals surface area contributed by atoms with Gasteiger partial charge in [-0.05, 0) is 59.0 Å². The van der Waals surface area contributed by atoms with Crippen molar-refractivity contribution < 1.29 is 4.79 Å². The Kier molecular flexibility index (Phi) is 5.62. The number of amides is 1. The highest BCUT2D eigenvalue weighted by Gasteiger charge is 2.24. The van der Waals surface area contributed by atoms with Crippen molar-refractivity contribution in [2.24, 2.45) is 0 Å². The lowest BCUT2D eigenvalue weighted by atomic mass is 10.1. The summed E-state index contributed by atoms with van der Waals surface area (Å²) in [6.07, 6.45) is 1.86. The molecule has 7 heteroatoms. The minimum Gasteiger partial charge on any atom is -0.308 e. The summed E-state index contributed by atoms with van der Waals surface area (Å²) in [6.45, 7) is 9.55. The quantitative estimate of drug-likeness (QED) is 0.646. The van der Waals surface area contributed by atoms with E-state index in [-0.39, 0.29) is 11.9 Å². The zero-order valence-electron chi connectivity index (χ0n) is 16.9. The molecule has 0 spiro atoms. The van der Waals surface area contributed by atoms with Crippen molar-refractivity contribution in [3.63, 3.8) is 0 Å². The molecule has 0 bridgehead atoms. The Balaban J connectivity index is 2.01. The first-order valence-electron chi connectivity index (χ1n) is 9.16. The van der Waals surface area contributed by atoms with Crippen LogP contribution < -0.4 is 4.90 Å². The van der Waals surface area contributed by atoms with Gasteiger partial charge in [0.05, 0.1) is 10.2 Å². The van der Waals surface area contributed by atoms with Crippen molar-refractivity contribution in [1.82, 2.24) is 19.7 Å². The van der Waals surface area contributed by atoms with Crippen molar-refractivity contribution in [1.29, 1.82) is 0 Å². The molecule has 3 aromatic rings. The Morgan fingerprint density at radius 3 is 2.44 bits per heavy atom. The van der Waals surface area contributed by atoms with Crippen LogP contribution in [-0.4, -0.2) is 52.8 Å². The van der Waals surface area contributed by atoms with Crippen LogP contribution in [0.3, 0.4) is 0 Å². The summed E-state index contributed by atoms with van der Waals surface area (Å²) in [4.78, 5) is 21.9. The molecule has 0 radical (unpaired) electrons. The van der Waals surface area contributed by atoms with Gasteiger partial charge in [-0.25, -0.2) is 4.98 Å². The van der Waals surface area contributed by atoms with Crippen LogP contribution in [0.5, 0.6) is 0 Å². The van der Waals surface area contributed by atoms with Crippen LogP contribution in [0.2, 0.25) is 0 Å². The molecular formula is C20H27N5OS. The zero-order valence-corrected chi connectivity index (χ0v) is 17.7. The number of hydrogen-bond donors (Lipinski definition) is 0. The lowest BCUT2D eigenvalue weighted by Gasteiger charge is -2.21. The second-order valence-electron chi connectivity index (χ2n) is 7.41. The van der Waals surface area contributed by atoms with Crippen molar-refractivity contribution >= 4 is 32.6 Å². The van der Waals surface area contributed by atoms with Gasteiger partial charge in [-0.1, -0.05) is 23.5 Å². The Labute approximate surface area is 164 Å². The third kappa shape index (κ3) is 4.04. The van der Waals surface area contributed by atoms with Crippen molar-refractivity contribution in [2.75, 3.05) is 32.1 Å². The van der Waals surface area contributed by atoms with E-state index in [0.29, 0.717) is 12.2 Å². The van der Waals surface area contributed by atoms with Crippen molar-refractivity contribution in [3.8, 4) is 0 Å². The Bertz CT molecular complexity index is 918. The molecule has 6 nitrogen and oxygen atoms in total. The highest BCUT2D eigenvalue weighted by atomic mass is 32.1. The normalized spacial score (nSPS) is 11.7. The number of likely N-dealkylation sites (N-methyl/N-ethyl adjacent to an activating group) is 1. The minimum atomic E-state index is -0.106. The molecule has 0 fully saturated rings. The van der Waals surface area contributed by atoms with E-state index in [1.54, 1.807) is 22.3 Å². The highest BCUT2D eigenvalue weighted by Crippen LogP contribution is 2.33. The van der Waals surface area contributed by atoms with E-state index in [1.165, 1.54) is 5.56 Å². The number of benzene rings is 1. The van der Waals surface area contributed by atoms with Gasteiger partial charge < -0.3 is 4.90 Å². The summed E-state index contributed by atoms with van der Waals surface area (Å²) < 4.78 is 2.95. The monoisotopic (exact) mass is 385 g/mol. The van der Waals surface area contributed by atoms with Gasteiger partial charge in [0.1, 0.15) is 0 Å². The second-order valence-corrected chi connectivity index (χ2v) is 8.39. The van der Waals surface area contributed by atoms with Crippen LogP contribution in [0.1, 0.15) is 41.5 Å². The van der Waals surface area contributed by atoms with E-state index >= 15 is 0 Å². The number of carbonyl (C=O) groups is 1. The van der Waals surface area contributed by atoms with Crippen LogP contribution in [0.25, 0.3) is 10.2 Å². The fourth-order valence-corrected chi connectivity index (χ4v) is 3.96. The zero-order chi connectivity index (χ0) is 19.7. The van der Waals surface area contributed by atoms with Gasteiger partial charge >= 0.3 is 0 Å². The molecule has 0 aliphatic rings. The van der Waals surface area contributed by atoms with Crippen LogP contribution in [-0.2, 0) is 0 Å². The number of aromatic nitrogens is 3. The molecule has 3 rings (SSSR count). The molecule has 0 atom stereocenters. The number of carbonyl (C=O) groups excluding carboxylic acids is 1. The van der Waals surface area contributed by atoms with E-state index < -0.39 is 0 Å². The Morgan fingerprint density at radius 1 is 1.15 bits per heavy atom. The average Bonchev–Trinajstić information content (AvgIpc) is 3.26. The third-order valence-electron chi connectivity index (χ3n) is 4.53. The molecule has 144 valence electrons. The van der Waals surface area contributed by atoms with Gasteiger partial charge in [-0.2, -0.15) is 5.10 Å². The van der Waals surface area contributed by atoms with Crippen LogP contribution in [0.15, 0.2) is 24.4 Å². The van der Waals surface area contributed by atoms with Gasteiger partial charge in [0.25, 0.3) is 5.91 Å². The first-order valence-corrected chi connectivity index (χ1v) is 9.98. The lowest BCUT2D eigenvalue weighted by Crippen LogP contribution is -2.37. The van der Waals surface area contributed by atoms with Gasteiger partial charge in [0.2, 0.25) is 0 Å². The number of nitrogens with zero attached hydrogens (tertiary/aromatic N) is 5. The van der Waals surface area contributed by atoms with Gasteiger partial charge in [0.15, 0.2) is 10.8 Å². The molecule has 1 aromatic carbocycles. The second kappa shape index (κ2) is 7.78. The number of fused-ring (bicyclic) bond motifs is 1. The summed E-state index contributed by atoms with van der Waals surface area (Å²) >= 11 is 1.57. The fourth-order valence-electron chi connectivity index (χ4n) is 2.83. The minimum absolute atomic E-state index is 0.106. The van der Waals surface area contributed by atoms with E-state index in [2.05, 4.69) is 36.0 Å². The van der Waals surface area contributed by atoms with Crippen molar-refractivity contribution in [2.45, 2.75) is 33.7 Å². The van der Waals surface area contributed by atoms with Crippen LogP contribution >= 0.6 is 11.3 Å². The van der Waals surface area contributed by atoms with E-state index in [1.807, 2.05) is 38.8 Å². The molecule has 0 aliphatic carbocycles. The molecule has 0 aliphatic heterocycles. The van der Waals surface area contributed by atoms with Gasteiger partial charge in [-0.15, -0.1) is 0 Å². The van der Waals surface area contributed by atoms with E-state index in [9.17, 15) is 4.79 Å². The number of hydrogen-bond acceptors (Lipinski definition) is 5. The maximum absolute atomic E-state index is 13.2. The number of thiazole rings is 1. The predicted molar refractivity (Wildman–Crippen MR) is 112 cm³/mol. The molecule has 0 saturated carbocycles. The van der Waals surface area contributed by atoms with Crippen LogP contribution in [0, 0.1) is 13.8 Å². The Hall–Kier alpha value is -2.25. The molecule has 0 N–H and O–H groups in total. The smallest absolute Gasteiger partial charge is 0.280 e. The molecule has 1 amide bonds. The van der Waals surface area contributed by atoms with Crippen molar-refractivity contribution in [3.05, 3.63) is 41.2 Å². The van der Waals surface area contributed by atoms with E-state index in [4.69, 9.17) is 4.98 Å². The van der Waals surface area contributed by atoms with Gasteiger partial charge in [-0.3, -0.25) is 14.4 Å². The van der Waals surface area contributed by atoms with E-state index in [0.717, 1.165) is 27.5 Å². The summed E-state index contributed by atoms with van der Waals surface area (Å²) in [7, 11) is 4.01. The maximum Gasteiger partial charge on any atom is 0.280 e. The average molecular weight is 386 g/mol. The SMILES string of the molecule is Cc1ccc(C)c2sc(N(CCN(C)C)C(=O)c3ccn(C(C)C)n3)nc12. The van der Waals surface area contributed by atoms with Crippen LogP contribution in [0.4, 0.5) is 5.13 Å². The fraction of sp³-hybridized carbons (Fsp3) is 0.450. The molecule has 2 aromatic heterocycles.